The smallest absolute Gasteiger partial charge is 0.355 e. The van der Waals surface area contributed by atoms with Gasteiger partial charge in [-0.25, -0.2) is 4.79 Å². The van der Waals surface area contributed by atoms with Crippen LogP contribution in [0.15, 0.2) is 48.5 Å². The maximum Gasteiger partial charge on any atom is 0.355 e. The fraction of sp³-hybridized carbons (Fsp3) is 0.207. The molecule has 3 aromatic carbocycles. The zero-order valence-electron chi connectivity index (χ0n) is 20.1. The molecule has 1 aliphatic carbocycles. The SMILES string of the molecule is CCOC(=O)c1c2c(c3n1CCc1cc(OC)c(OC)cc1-3)C(=O)c1cc3ccccc3cc1C2=O. The molecule has 0 unspecified atom stereocenters. The Hall–Kier alpha value is -4.39. The first-order valence-electron chi connectivity index (χ1n) is 11.8. The van der Waals surface area contributed by atoms with E-state index < -0.39 is 5.97 Å². The average molecular weight is 482 g/mol. The standard InChI is InChI=1S/C29H23NO6/c1-4-36-29(33)26-24-23(25-18-14-22(35-3)21(34-2)13-17(18)9-10-30(25)26)27(31)19-11-15-7-5-6-8-16(15)12-20(19)28(24)32/h5-8,11-14H,4,9-10H2,1-3H3. The van der Waals surface area contributed by atoms with Gasteiger partial charge in [0.15, 0.2) is 23.1 Å². The van der Waals surface area contributed by atoms with Crippen molar-refractivity contribution in [2.24, 2.45) is 0 Å². The summed E-state index contributed by atoms with van der Waals surface area (Å²) in [6.45, 7) is 2.28. The lowest BCUT2D eigenvalue weighted by atomic mass is 9.81. The minimum Gasteiger partial charge on any atom is -0.493 e. The highest BCUT2D eigenvalue weighted by atomic mass is 16.5. The fourth-order valence-electron chi connectivity index (χ4n) is 5.44. The number of hydrogen-bond acceptors (Lipinski definition) is 6. The summed E-state index contributed by atoms with van der Waals surface area (Å²) in [5.74, 6) is -0.174. The van der Waals surface area contributed by atoms with Crippen molar-refractivity contribution < 1.29 is 28.6 Å². The lowest BCUT2D eigenvalue weighted by molar-refractivity contribution is 0.0510. The number of rotatable bonds is 4. The predicted octanol–water partition coefficient (Wildman–Crippen LogP) is 4.83. The molecule has 7 nitrogen and oxygen atoms in total. The van der Waals surface area contributed by atoms with Gasteiger partial charge in [0.05, 0.1) is 37.6 Å². The topological polar surface area (TPSA) is 83.8 Å². The van der Waals surface area contributed by atoms with Crippen LogP contribution in [0.3, 0.4) is 0 Å². The van der Waals surface area contributed by atoms with E-state index in [1.165, 1.54) is 0 Å². The van der Waals surface area contributed by atoms with Crippen molar-refractivity contribution in [1.29, 1.82) is 0 Å². The number of aryl methyl sites for hydroxylation is 1. The summed E-state index contributed by atoms with van der Waals surface area (Å²) in [6.07, 6.45) is 0.585. The van der Waals surface area contributed by atoms with Crippen molar-refractivity contribution in [2.75, 3.05) is 20.8 Å². The molecule has 1 aliphatic heterocycles. The van der Waals surface area contributed by atoms with Crippen LogP contribution < -0.4 is 9.47 Å². The molecule has 6 rings (SSSR count). The van der Waals surface area contributed by atoms with Crippen LogP contribution in [0, 0.1) is 0 Å². The van der Waals surface area contributed by atoms with E-state index in [1.54, 1.807) is 37.8 Å². The van der Waals surface area contributed by atoms with Gasteiger partial charge in [-0.3, -0.25) is 9.59 Å². The Kier molecular flexibility index (Phi) is 4.96. The van der Waals surface area contributed by atoms with Gasteiger partial charge in [-0.15, -0.1) is 0 Å². The quantitative estimate of drug-likeness (QED) is 0.342. The Balaban J connectivity index is 1.69. The zero-order chi connectivity index (χ0) is 25.1. The number of carbonyl (C=O) groups excluding carboxylic acids is 3. The number of fused-ring (bicyclic) bond motifs is 7. The largest absolute Gasteiger partial charge is 0.493 e. The van der Waals surface area contributed by atoms with E-state index in [0.717, 1.165) is 21.9 Å². The molecule has 0 saturated heterocycles. The molecule has 0 amide bonds. The number of ketones is 2. The van der Waals surface area contributed by atoms with Gasteiger partial charge in [-0.1, -0.05) is 24.3 Å². The number of benzene rings is 3. The van der Waals surface area contributed by atoms with E-state index in [-0.39, 0.29) is 35.0 Å². The van der Waals surface area contributed by atoms with Crippen LogP contribution in [0.4, 0.5) is 0 Å². The Morgan fingerprint density at radius 2 is 1.47 bits per heavy atom. The Bertz CT molecular complexity index is 1630. The van der Waals surface area contributed by atoms with Crippen molar-refractivity contribution in [3.63, 3.8) is 0 Å². The molecule has 180 valence electrons. The lowest BCUT2D eigenvalue weighted by Gasteiger charge is -2.23. The van der Waals surface area contributed by atoms with Crippen molar-refractivity contribution in [1.82, 2.24) is 4.57 Å². The predicted molar refractivity (Wildman–Crippen MR) is 133 cm³/mol. The second kappa shape index (κ2) is 8.09. The van der Waals surface area contributed by atoms with Crippen LogP contribution in [-0.4, -0.2) is 42.9 Å². The minimum atomic E-state index is -0.616. The minimum absolute atomic E-state index is 0.110. The van der Waals surface area contributed by atoms with Gasteiger partial charge >= 0.3 is 5.97 Å². The molecule has 4 aromatic rings. The van der Waals surface area contributed by atoms with Gasteiger partial charge in [0.1, 0.15) is 5.69 Å². The van der Waals surface area contributed by atoms with Gasteiger partial charge in [-0.05, 0) is 53.9 Å². The monoisotopic (exact) mass is 481 g/mol. The highest BCUT2D eigenvalue weighted by molar-refractivity contribution is 6.33. The van der Waals surface area contributed by atoms with E-state index in [2.05, 4.69) is 0 Å². The first-order chi connectivity index (χ1) is 17.5. The third-order valence-corrected chi connectivity index (χ3v) is 7.03. The molecule has 1 aromatic heterocycles. The molecule has 36 heavy (non-hydrogen) atoms. The van der Waals surface area contributed by atoms with Crippen molar-refractivity contribution >= 4 is 28.3 Å². The second-order valence-corrected chi connectivity index (χ2v) is 8.84. The summed E-state index contributed by atoms with van der Waals surface area (Å²) >= 11 is 0. The van der Waals surface area contributed by atoms with E-state index in [1.807, 2.05) is 36.4 Å². The van der Waals surface area contributed by atoms with Crippen molar-refractivity contribution in [2.45, 2.75) is 19.9 Å². The van der Waals surface area contributed by atoms with Crippen molar-refractivity contribution in [3.05, 3.63) is 82.0 Å². The maximum absolute atomic E-state index is 14.1. The maximum atomic E-state index is 14.1. The van der Waals surface area contributed by atoms with Crippen LogP contribution in [-0.2, 0) is 17.7 Å². The fourth-order valence-corrected chi connectivity index (χ4v) is 5.44. The summed E-state index contributed by atoms with van der Waals surface area (Å²) < 4.78 is 18.1. The van der Waals surface area contributed by atoms with Crippen LogP contribution in [0.1, 0.15) is 54.8 Å². The van der Waals surface area contributed by atoms with Gasteiger partial charge in [0.25, 0.3) is 0 Å². The first-order valence-corrected chi connectivity index (χ1v) is 11.8. The normalized spacial score (nSPS) is 13.5. The number of ether oxygens (including phenoxy) is 3. The molecular formula is C29H23NO6. The summed E-state index contributed by atoms with van der Waals surface area (Å²) in [7, 11) is 3.11. The van der Waals surface area contributed by atoms with Crippen molar-refractivity contribution in [3.8, 4) is 22.8 Å². The molecule has 2 aliphatic rings. The summed E-state index contributed by atoms with van der Waals surface area (Å²) in [5.41, 5.74) is 3.32. The molecule has 7 heteroatoms. The van der Waals surface area contributed by atoms with E-state index in [0.29, 0.717) is 41.3 Å². The number of esters is 1. The van der Waals surface area contributed by atoms with E-state index in [4.69, 9.17) is 14.2 Å². The number of methoxy groups -OCH3 is 2. The second-order valence-electron chi connectivity index (χ2n) is 8.84. The zero-order valence-corrected chi connectivity index (χ0v) is 20.1. The Labute approximate surface area is 207 Å². The number of aromatic nitrogens is 1. The lowest BCUT2D eigenvalue weighted by Crippen LogP contribution is -2.23. The van der Waals surface area contributed by atoms with Gasteiger partial charge in [0.2, 0.25) is 0 Å². The molecule has 2 heterocycles. The van der Waals surface area contributed by atoms with E-state index >= 15 is 0 Å². The third-order valence-electron chi connectivity index (χ3n) is 7.03. The third kappa shape index (κ3) is 2.95. The molecule has 0 atom stereocenters. The number of carbonyl (C=O) groups is 3. The van der Waals surface area contributed by atoms with Crippen LogP contribution >= 0.6 is 0 Å². The Morgan fingerprint density at radius 3 is 2.08 bits per heavy atom. The molecule has 0 N–H and O–H groups in total. The summed E-state index contributed by atoms with van der Waals surface area (Å²) in [4.78, 5) is 41.2. The Morgan fingerprint density at radius 1 is 0.861 bits per heavy atom. The summed E-state index contributed by atoms with van der Waals surface area (Å²) in [5, 5.41) is 1.72. The molecule has 0 saturated carbocycles. The highest BCUT2D eigenvalue weighted by Crippen LogP contribution is 2.46. The first kappa shape index (κ1) is 22.1. The van der Waals surface area contributed by atoms with Gasteiger partial charge in [0, 0.05) is 23.2 Å². The number of hydrogen-bond donors (Lipinski definition) is 0. The average Bonchev–Trinajstić information content (AvgIpc) is 3.26. The van der Waals surface area contributed by atoms with Gasteiger partial charge in [-0.2, -0.15) is 0 Å². The molecule has 0 radical (unpaired) electrons. The summed E-state index contributed by atoms with van der Waals surface area (Å²) in [6, 6.07) is 14.8. The molecule has 0 bridgehead atoms. The number of nitrogens with zero attached hydrogens (tertiary/aromatic N) is 1. The van der Waals surface area contributed by atoms with Crippen LogP contribution in [0.2, 0.25) is 0 Å². The van der Waals surface area contributed by atoms with Crippen LogP contribution in [0.5, 0.6) is 11.5 Å². The highest BCUT2D eigenvalue weighted by Gasteiger charge is 2.42. The molecule has 0 spiro atoms. The van der Waals surface area contributed by atoms with E-state index in [9.17, 15) is 14.4 Å². The van der Waals surface area contributed by atoms with Crippen LogP contribution in [0.25, 0.3) is 22.0 Å². The molecular weight excluding hydrogens is 458 g/mol. The molecule has 0 fully saturated rings. The van der Waals surface area contributed by atoms with Gasteiger partial charge < -0.3 is 18.8 Å².